The lowest BCUT2D eigenvalue weighted by Gasteiger charge is -2.35. The van der Waals surface area contributed by atoms with E-state index in [0.29, 0.717) is 37.8 Å². The van der Waals surface area contributed by atoms with Crippen molar-refractivity contribution in [2.24, 2.45) is 0 Å². The topological polar surface area (TPSA) is 87.2 Å². The number of hydrogen-bond acceptors (Lipinski definition) is 6. The molecule has 118 valence electrons. The van der Waals surface area contributed by atoms with Crippen molar-refractivity contribution in [2.75, 3.05) is 31.1 Å². The fraction of sp³-hybridized carbons (Fsp3) is 0.571. The Morgan fingerprint density at radius 1 is 1.23 bits per heavy atom. The van der Waals surface area contributed by atoms with Crippen LogP contribution in [0.2, 0.25) is 0 Å². The highest BCUT2D eigenvalue weighted by molar-refractivity contribution is 5.70. The first-order valence-electron chi connectivity index (χ1n) is 7.31. The molecule has 0 aromatic carbocycles. The number of anilines is 1. The number of nitrogens with zero attached hydrogens (tertiary/aromatic N) is 5. The Kier molecular flexibility index (Phi) is 3.59. The van der Waals surface area contributed by atoms with Crippen LogP contribution in [-0.4, -0.2) is 62.7 Å². The van der Waals surface area contributed by atoms with Crippen molar-refractivity contribution in [3.63, 3.8) is 0 Å². The molecule has 0 spiro atoms. The number of H-pyrrole nitrogens is 1. The third kappa shape index (κ3) is 3.10. The summed E-state index contributed by atoms with van der Waals surface area (Å²) in [4.78, 5) is 31.7. The van der Waals surface area contributed by atoms with Gasteiger partial charge in [0.25, 0.3) is 0 Å². The number of fused-ring (bicyclic) bond motifs is 1. The lowest BCUT2D eigenvalue weighted by molar-refractivity contribution is 0.0240. The number of carbonyl (C=O) groups excluding carboxylic acids is 1. The van der Waals surface area contributed by atoms with Crippen LogP contribution < -0.4 is 4.90 Å². The fourth-order valence-corrected chi connectivity index (χ4v) is 2.29. The van der Waals surface area contributed by atoms with Gasteiger partial charge < -0.3 is 19.5 Å². The number of imidazole rings is 1. The van der Waals surface area contributed by atoms with Gasteiger partial charge in [-0.2, -0.15) is 4.98 Å². The van der Waals surface area contributed by atoms with Gasteiger partial charge in [0.15, 0.2) is 5.65 Å². The van der Waals surface area contributed by atoms with E-state index in [9.17, 15) is 4.79 Å². The second-order valence-electron chi connectivity index (χ2n) is 6.26. The average Bonchev–Trinajstić information content (AvgIpc) is 2.93. The smallest absolute Gasteiger partial charge is 0.410 e. The third-order valence-electron chi connectivity index (χ3n) is 3.38. The zero-order valence-electron chi connectivity index (χ0n) is 13.0. The van der Waals surface area contributed by atoms with Gasteiger partial charge in [-0.25, -0.2) is 14.8 Å². The van der Waals surface area contributed by atoms with Crippen LogP contribution in [-0.2, 0) is 4.74 Å². The normalized spacial score (nSPS) is 16.1. The monoisotopic (exact) mass is 304 g/mol. The highest BCUT2D eigenvalue weighted by atomic mass is 16.6. The van der Waals surface area contributed by atoms with Crippen LogP contribution in [0.25, 0.3) is 11.2 Å². The summed E-state index contributed by atoms with van der Waals surface area (Å²) < 4.78 is 5.39. The molecule has 3 rings (SSSR count). The summed E-state index contributed by atoms with van der Waals surface area (Å²) in [5.41, 5.74) is 0.998. The minimum atomic E-state index is -0.470. The Balaban J connectivity index is 1.62. The number of rotatable bonds is 1. The number of nitrogens with one attached hydrogen (secondary N) is 1. The van der Waals surface area contributed by atoms with E-state index in [1.54, 1.807) is 17.4 Å². The molecule has 3 heterocycles. The van der Waals surface area contributed by atoms with Crippen molar-refractivity contribution in [3.05, 3.63) is 12.5 Å². The first-order chi connectivity index (χ1) is 10.4. The van der Waals surface area contributed by atoms with E-state index in [1.807, 2.05) is 20.8 Å². The summed E-state index contributed by atoms with van der Waals surface area (Å²) in [6, 6.07) is 0. The molecule has 0 atom stereocenters. The molecule has 8 nitrogen and oxygen atoms in total. The van der Waals surface area contributed by atoms with Gasteiger partial charge >= 0.3 is 6.09 Å². The van der Waals surface area contributed by atoms with Gasteiger partial charge in [-0.3, -0.25) is 0 Å². The Morgan fingerprint density at radius 3 is 2.64 bits per heavy atom. The molecule has 0 unspecified atom stereocenters. The highest BCUT2D eigenvalue weighted by Gasteiger charge is 2.26. The van der Waals surface area contributed by atoms with Crippen molar-refractivity contribution >= 4 is 23.2 Å². The molecular weight excluding hydrogens is 284 g/mol. The van der Waals surface area contributed by atoms with Crippen LogP contribution >= 0.6 is 0 Å². The van der Waals surface area contributed by atoms with E-state index >= 15 is 0 Å². The standard InChI is InChI=1S/C14H20N6O2/c1-14(2,3)22-13(21)20-6-4-19(5-7-20)12-15-8-10-11(18-12)17-9-16-10/h8-9H,4-7H2,1-3H3,(H,15,16,17,18). The number of piperazine rings is 1. The number of hydrogen-bond donors (Lipinski definition) is 1. The predicted octanol–water partition coefficient (Wildman–Crippen LogP) is 1.41. The fourth-order valence-electron chi connectivity index (χ4n) is 2.29. The Morgan fingerprint density at radius 2 is 1.95 bits per heavy atom. The van der Waals surface area contributed by atoms with Gasteiger partial charge in [-0.15, -0.1) is 0 Å². The van der Waals surface area contributed by atoms with Crippen LogP contribution in [0, 0.1) is 0 Å². The Labute approximate surface area is 128 Å². The van der Waals surface area contributed by atoms with Crippen LogP contribution in [0.4, 0.5) is 10.7 Å². The summed E-state index contributed by atoms with van der Waals surface area (Å²) in [7, 11) is 0. The molecule has 1 amide bonds. The molecule has 0 saturated carbocycles. The number of aromatic nitrogens is 4. The van der Waals surface area contributed by atoms with E-state index in [2.05, 4.69) is 24.8 Å². The lowest BCUT2D eigenvalue weighted by atomic mass is 10.2. The predicted molar refractivity (Wildman–Crippen MR) is 81.7 cm³/mol. The SMILES string of the molecule is CC(C)(C)OC(=O)N1CCN(c2ncc3[nH]cnc3n2)CC1. The van der Waals surface area contributed by atoms with Crippen LogP contribution in [0.15, 0.2) is 12.5 Å². The average molecular weight is 304 g/mol. The van der Waals surface area contributed by atoms with E-state index in [0.717, 1.165) is 5.52 Å². The number of carbonyl (C=O) groups is 1. The van der Waals surface area contributed by atoms with Crippen LogP contribution in [0.5, 0.6) is 0 Å². The molecule has 1 fully saturated rings. The summed E-state index contributed by atoms with van der Waals surface area (Å²) in [6.45, 7) is 8.15. The van der Waals surface area contributed by atoms with Crippen molar-refractivity contribution in [3.8, 4) is 0 Å². The van der Waals surface area contributed by atoms with E-state index in [1.165, 1.54) is 0 Å². The highest BCUT2D eigenvalue weighted by Crippen LogP contribution is 2.16. The van der Waals surface area contributed by atoms with Crippen molar-refractivity contribution in [1.82, 2.24) is 24.8 Å². The molecule has 0 bridgehead atoms. The van der Waals surface area contributed by atoms with Crippen LogP contribution in [0.3, 0.4) is 0 Å². The largest absolute Gasteiger partial charge is 0.444 e. The molecule has 22 heavy (non-hydrogen) atoms. The number of aromatic amines is 1. The number of amides is 1. The van der Waals surface area contributed by atoms with Gasteiger partial charge in [0.2, 0.25) is 5.95 Å². The molecule has 2 aromatic rings. The Hall–Kier alpha value is -2.38. The maximum Gasteiger partial charge on any atom is 0.410 e. The molecule has 2 aromatic heterocycles. The minimum absolute atomic E-state index is 0.268. The van der Waals surface area contributed by atoms with E-state index in [-0.39, 0.29) is 6.09 Å². The second kappa shape index (κ2) is 5.43. The van der Waals surface area contributed by atoms with E-state index < -0.39 is 5.60 Å². The quantitative estimate of drug-likeness (QED) is 0.857. The van der Waals surface area contributed by atoms with Crippen LogP contribution in [0.1, 0.15) is 20.8 Å². The molecule has 1 saturated heterocycles. The Bertz CT molecular complexity index is 669. The summed E-state index contributed by atoms with van der Waals surface area (Å²) >= 11 is 0. The molecule has 1 N–H and O–H groups in total. The summed E-state index contributed by atoms with van der Waals surface area (Å²) in [5, 5.41) is 0. The van der Waals surface area contributed by atoms with Crippen molar-refractivity contribution in [1.29, 1.82) is 0 Å². The van der Waals surface area contributed by atoms with Crippen molar-refractivity contribution in [2.45, 2.75) is 26.4 Å². The second-order valence-corrected chi connectivity index (χ2v) is 6.26. The molecule has 1 aliphatic heterocycles. The third-order valence-corrected chi connectivity index (χ3v) is 3.38. The van der Waals surface area contributed by atoms with Gasteiger partial charge in [0.1, 0.15) is 11.1 Å². The maximum absolute atomic E-state index is 12.0. The summed E-state index contributed by atoms with van der Waals surface area (Å²) in [5.74, 6) is 0.642. The zero-order valence-corrected chi connectivity index (χ0v) is 13.0. The maximum atomic E-state index is 12.0. The minimum Gasteiger partial charge on any atom is -0.444 e. The molecule has 0 radical (unpaired) electrons. The van der Waals surface area contributed by atoms with Gasteiger partial charge in [0.05, 0.1) is 12.5 Å². The van der Waals surface area contributed by atoms with Gasteiger partial charge in [0, 0.05) is 26.2 Å². The first kappa shape index (κ1) is 14.6. The molecule has 1 aliphatic rings. The molecular formula is C14H20N6O2. The molecule has 8 heteroatoms. The number of ether oxygens (including phenoxy) is 1. The first-order valence-corrected chi connectivity index (χ1v) is 7.31. The van der Waals surface area contributed by atoms with Gasteiger partial charge in [-0.1, -0.05) is 0 Å². The lowest BCUT2D eigenvalue weighted by Crippen LogP contribution is -2.50. The zero-order chi connectivity index (χ0) is 15.7. The van der Waals surface area contributed by atoms with E-state index in [4.69, 9.17) is 4.74 Å². The van der Waals surface area contributed by atoms with Gasteiger partial charge in [-0.05, 0) is 20.8 Å². The van der Waals surface area contributed by atoms with Crippen molar-refractivity contribution < 1.29 is 9.53 Å². The molecule has 0 aliphatic carbocycles. The summed E-state index contributed by atoms with van der Waals surface area (Å²) in [6.07, 6.45) is 3.06.